The van der Waals surface area contributed by atoms with E-state index in [0.717, 1.165) is 32.5 Å². The fourth-order valence-electron chi connectivity index (χ4n) is 8.42. The minimum Gasteiger partial charge on any atom is -0.388 e. The number of nitrogens with zero attached hydrogens (tertiary/aromatic N) is 5. The number of hydrogen-bond acceptors (Lipinski definition) is 11. The number of nitrogens with one attached hydrogen (secondary N) is 3. The van der Waals surface area contributed by atoms with E-state index in [-0.39, 0.29) is 47.4 Å². The molecular weight excluding hydrogens is 769 g/mol. The third-order valence-electron chi connectivity index (χ3n) is 11.5. The number of imide groups is 1. The molecule has 13 nitrogen and oxygen atoms in total. The minimum atomic E-state index is -4.70. The lowest BCUT2D eigenvalue weighted by Gasteiger charge is -2.39. The number of piperazine rings is 1. The van der Waals surface area contributed by atoms with E-state index in [9.17, 15) is 36.3 Å². The number of sulfonamides is 1. The second-order valence-electron chi connectivity index (χ2n) is 15.9. The van der Waals surface area contributed by atoms with Crippen LogP contribution >= 0.6 is 0 Å². The molecule has 4 N–H and O–H groups in total. The van der Waals surface area contributed by atoms with Crippen molar-refractivity contribution >= 4 is 45.0 Å². The predicted octanol–water partition coefficient (Wildman–Crippen LogP) is 4.91. The summed E-state index contributed by atoms with van der Waals surface area (Å²) >= 11 is 0. The fourth-order valence-corrected chi connectivity index (χ4v) is 9.72. The van der Waals surface area contributed by atoms with Crippen molar-refractivity contribution in [1.29, 1.82) is 0 Å². The maximum Gasteiger partial charge on any atom is 0.421 e. The number of piperidine rings is 2. The molecule has 4 fully saturated rings. The first kappa shape index (κ1) is 40.8. The van der Waals surface area contributed by atoms with E-state index in [0.29, 0.717) is 80.8 Å². The summed E-state index contributed by atoms with van der Waals surface area (Å²) in [5, 5.41) is 15.7. The molecule has 0 bridgehead atoms. The van der Waals surface area contributed by atoms with Gasteiger partial charge in [-0.15, -0.1) is 0 Å². The standard InChI is InChI=1S/C39H48F4N8O5S/c1-38(54)15-2-16-51(24-38)35-31(39(41,42)43)22-44-37(47-35)45-27-8-10-29(11-9-27)57(55,56)48-28-6-3-25(4-7-28)23-49-17-19-50(20-18-49)33-13-5-26(21-32(33)40)30-12-14-34(52)46-36(30)53/h5,8-11,13,21-22,25,28,30,48,54H,2-4,6-7,12,14-20,23-24H2,1H3,(H,44,45,47)(H,46,52,53)/t25?,28?,30?,38-/m0/s1. The molecule has 7 rings (SSSR count). The summed E-state index contributed by atoms with van der Waals surface area (Å²) in [5.41, 5.74) is -0.707. The Balaban J connectivity index is 0.875. The number of rotatable bonds is 10. The van der Waals surface area contributed by atoms with Gasteiger partial charge in [-0.05, 0) is 99.7 Å². The Morgan fingerprint density at radius 2 is 1.68 bits per heavy atom. The molecule has 57 heavy (non-hydrogen) atoms. The Bertz CT molecular complexity index is 2050. The van der Waals surface area contributed by atoms with Crippen LogP contribution in [0.1, 0.15) is 75.3 Å². The molecule has 0 radical (unpaired) electrons. The van der Waals surface area contributed by atoms with Gasteiger partial charge < -0.3 is 20.2 Å². The molecule has 1 aliphatic carbocycles. The van der Waals surface area contributed by atoms with E-state index in [4.69, 9.17) is 0 Å². The van der Waals surface area contributed by atoms with Crippen LogP contribution in [0.2, 0.25) is 0 Å². The number of hydrogen-bond donors (Lipinski definition) is 4. The molecule has 18 heteroatoms. The van der Waals surface area contributed by atoms with Crippen LogP contribution in [-0.2, 0) is 25.8 Å². The van der Waals surface area contributed by atoms with E-state index in [2.05, 4.69) is 30.2 Å². The van der Waals surface area contributed by atoms with Crippen molar-refractivity contribution < 1.29 is 40.7 Å². The van der Waals surface area contributed by atoms with Crippen LogP contribution < -0.4 is 25.2 Å². The highest BCUT2D eigenvalue weighted by Crippen LogP contribution is 2.38. The van der Waals surface area contributed by atoms with Gasteiger partial charge in [0.1, 0.15) is 17.2 Å². The monoisotopic (exact) mass is 816 g/mol. The van der Waals surface area contributed by atoms with Gasteiger partial charge in [-0.3, -0.25) is 19.8 Å². The van der Waals surface area contributed by atoms with Crippen molar-refractivity contribution in [3.05, 3.63) is 65.6 Å². The number of carbonyl (C=O) groups is 2. The molecule has 3 aromatic rings. The number of carbonyl (C=O) groups excluding carboxylic acids is 2. The zero-order valence-electron chi connectivity index (χ0n) is 31.7. The third kappa shape index (κ3) is 9.84. The molecule has 3 saturated heterocycles. The Kier molecular flexibility index (Phi) is 11.8. The average molecular weight is 817 g/mol. The molecule has 2 aromatic carbocycles. The molecule has 4 heterocycles. The van der Waals surface area contributed by atoms with E-state index in [1.165, 1.54) is 35.2 Å². The Hall–Kier alpha value is -4.39. The van der Waals surface area contributed by atoms with Crippen LogP contribution in [0.4, 0.5) is 40.7 Å². The molecule has 308 valence electrons. The van der Waals surface area contributed by atoms with Gasteiger partial charge in [-0.25, -0.2) is 22.5 Å². The zero-order chi connectivity index (χ0) is 40.5. The van der Waals surface area contributed by atoms with Crippen molar-refractivity contribution in [3.8, 4) is 0 Å². The average Bonchev–Trinajstić information content (AvgIpc) is 3.15. The summed E-state index contributed by atoms with van der Waals surface area (Å²) in [6.45, 7) is 5.57. The van der Waals surface area contributed by atoms with Gasteiger partial charge in [0.15, 0.2) is 0 Å². The van der Waals surface area contributed by atoms with Crippen LogP contribution in [0.5, 0.6) is 0 Å². The second kappa shape index (κ2) is 16.5. The quantitative estimate of drug-likeness (QED) is 0.163. The lowest BCUT2D eigenvalue weighted by Crippen LogP contribution is -2.48. The summed E-state index contributed by atoms with van der Waals surface area (Å²) in [4.78, 5) is 37.6. The highest BCUT2D eigenvalue weighted by molar-refractivity contribution is 7.89. The van der Waals surface area contributed by atoms with Crippen molar-refractivity contribution in [1.82, 2.24) is 24.9 Å². The summed E-state index contributed by atoms with van der Waals surface area (Å²) in [6.07, 6.45) is 0.675. The predicted molar refractivity (Wildman–Crippen MR) is 205 cm³/mol. The van der Waals surface area contributed by atoms with Gasteiger partial charge in [-0.1, -0.05) is 6.07 Å². The summed E-state index contributed by atoms with van der Waals surface area (Å²) in [5.74, 6) is -1.63. The Morgan fingerprint density at radius 1 is 0.965 bits per heavy atom. The normalized spacial score (nSPS) is 25.3. The molecular formula is C39H48F4N8O5S. The third-order valence-corrected chi connectivity index (χ3v) is 13.0. The van der Waals surface area contributed by atoms with E-state index in [1.807, 2.05) is 4.90 Å². The first-order chi connectivity index (χ1) is 27.0. The maximum atomic E-state index is 15.2. The van der Waals surface area contributed by atoms with Gasteiger partial charge in [0.2, 0.25) is 27.8 Å². The lowest BCUT2D eigenvalue weighted by atomic mass is 9.86. The molecule has 1 aromatic heterocycles. The SMILES string of the molecule is C[C@]1(O)CCCN(c2nc(Nc3ccc(S(=O)(=O)NC4CCC(CN5CCN(c6ccc(C7CCC(=O)NC7=O)cc6F)CC5)CC4)cc3)ncc2C(F)(F)F)C1. The van der Waals surface area contributed by atoms with Crippen molar-refractivity contribution in [2.24, 2.45) is 5.92 Å². The van der Waals surface area contributed by atoms with Gasteiger partial charge in [0.25, 0.3) is 0 Å². The molecule has 2 atom stereocenters. The molecule has 1 saturated carbocycles. The summed E-state index contributed by atoms with van der Waals surface area (Å²) in [7, 11) is -3.84. The topological polar surface area (TPSA) is 160 Å². The highest BCUT2D eigenvalue weighted by atomic mass is 32.2. The Morgan fingerprint density at radius 3 is 2.33 bits per heavy atom. The van der Waals surface area contributed by atoms with Crippen molar-refractivity contribution in [2.45, 2.75) is 86.9 Å². The van der Waals surface area contributed by atoms with Gasteiger partial charge in [0.05, 0.1) is 22.1 Å². The van der Waals surface area contributed by atoms with Gasteiger partial charge >= 0.3 is 6.18 Å². The van der Waals surface area contributed by atoms with Gasteiger partial charge in [0, 0.05) is 70.2 Å². The van der Waals surface area contributed by atoms with Crippen LogP contribution in [0.3, 0.4) is 0 Å². The minimum absolute atomic E-state index is 0.0106. The highest BCUT2D eigenvalue weighted by Gasteiger charge is 2.39. The van der Waals surface area contributed by atoms with Crippen LogP contribution in [0, 0.1) is 11.7 Å². The molecule has 0 spiro atoms. The van der Waals surface area contributed by atoms with E-state index in [1.54, 1.807) is 19.1 Å². The van der Waals surface area contributed by atoms with Crippen molar-refractivity contribution in [2.75, 3.05) is 60.9 Å². The smallest absolute Gasteiger partial charge is 0.388 e. The molecule has 2 amide bonds. The second-order valence-corrected chi connectivity index (χ2v) is 17.7. The van der Waals surface area contributed by atoms with E-state index >= 15 is 4.39 Å². The van der Waals surface area contributed by atoms with Gasteiger partial charge in [-0.2, -0.15) is 18.2 Å². The first-order valence-corrected chi connectivity index (χ1v) is 20.9. The largest absolute Gasteiger partial charge is 0.421 e. The number of aromatic nitrogens is 2. The molecule has 3 aliphatic heterocycles. The van der Waals surface area contributed by atoms with Crippen LogP contribution in [0.15, 0.2) is 53.6 Å². The number of anilines is 4. The van der Waals surface area contributed by atoms with Crippen LogP contribution in [-0.4, -0.2) is 97.7 Å². The zero-order valence-corrected chi connectivity index (χ0v) is 32.5. The van der Waals surface area contributed by atoms with E-state index < -0.39 is 39.2 Å². The number of aliphatic hydroxyl groups is 1. The number of alkyl halides is 3. The maximum absolute atomic E-state index is 15.2. The van der Waals surface area contributed by atoms with Crippen LogP contribution in [0.25, 0.3) is 0 Å². The lowest BCUT2D eigenvalue weighted by molar-refractivity contribution is -0.138. The number of benzene rings is 2. The first-order valence-electron chi connectivity index (χ1n) is 19.4. The number of amides is 2. The molecule has 4 aliphatic rings. The number of halogens is 4. The summed E-state index contributed by atoms with van der Waals surface area (Å²) in [6, 6.07) is 10.5. The van der Waals surface area contributed by atoms with Crippen molar-refractivity contribution in [3.63, 3.8) is 0 Å². The molecule has 1 unspecified atom stereocenters. The summed E-state index contributed by atoms with van der Waals surface area (Å²) < 4.78 is 86.2. The fraction of sp³-hybridized carbons (Fsp3) is 0.538. The number of β-amino-alcohol motifs (C(OH)–C–C–N with tert-alkyl or cyclic N) is 1. The Labute approximate surface area is 329 Å².